The monoisotopic (exact) mass is 1510 g/mol. The first-order valence-electron chi connectivity index (χ1n) is 39.3. The molecule has 0 unspecified atom stereocenters. The number of benzene rings is 6. The zero-order valence-corrected chi connectivity index (χ0v) is 66.7. The van der Waals surface area contributed by atoms with Gasteiger partial charge in [-0.05, 0) is 191 Å². The highest BCUT2D eigenvalue weighted by atomic mass is 16.7. The minimum atomic E-state index is -0.928. The van der Waals surface area contributed by atoms with Crippen LogP contribution in [0.1, 0.15) is 140 Å². The van der Waals surface area contributed by atoms with E-state index in [9.17, 15) is 44.4 Å². The van der Waals surface area contributed by atoms with Crippen LogP contribution in [0.5, 0.6) is 11.5 Å². The molecule has 0 spiro atoms. The number of hydrogen-bond acceptors (Lipinski definition) is 18. The maximum Gasteiger partial charge on any atom is 0.251 e. The minimum absolute atomic E-state index is 0.0137. The lowest BCUT2D eigenvalue weighted by molar-refractivity contribution is -0.183. The predicted molar refractivity (Wildman–Crippen MR) is 425 cm³/mol. The molecule has 14 rings (SSSR count). The number of ether oxygens (including phenoxy) is 2. The molecule has 2 heterocycles. The zero-order chi connectivity index (χ0) is 79.2. The number of hydroxylamine groups is 4. The number of aliphatic hydroxyl groups is 4. The van der Waals surface area contributed by atoms with Gasteiger partial charge in [0.1, 0.15) is 42.1 Å². The van der Waals surface area contributed by atoms with Crippen molar-refractivity contribution >= 4 is 29.9 Å². The van der Waals surface area contributed by atoms with E-state index in [1.807, 2.05) is 136 Å². The molecule has 18 atom stereocenters. The number of amides is 4. The fourth-order valence-corrected chi connectivity index (χ4v) is 19.3. The van der Waals surface area contributed by atoms with Gasteiger partial charge in [-0.2, -0.15) is 10.1 Å². The molecule has 594 valence electrons. The smallest absolute Gasteiger partial charge is 0.251 e. The largest absolute Gasteiger partial charge is 0.496 e. The molecule has 0 aromatic heterocycles. The van der Waals surface area contributed by atoms with Gasteiger partial charge in [0.2, 0.25) is 11.8 Å². The summed E-state index contributed by atoms with van der Waals surface area (Å²) in [7, 11) is 11.1. The van der Waals surface area contributed by atoms with E-state index in [1.165, 1.54) is 12.8 Å². The third kappa shape index (κ3) is 18.2. The third-order valence-corrected chi connectivity index (χ3v) is 25.3. The lowest BCUT2D eigenvalue weighted by Gasteiger charge is -2.62. The Labute approximate surface area is 650 Å². The van der Waals surface area contributed by atoms with Crippen molar-refractivity contribution in [3.05, 3.63) is 178 Å². The summed E-state index contributed by atoms with van der Waals surface area (Å²) in [5, 5.41) is 58.8. The molecule has 8 aliphatic rings. The van der Waals surface area contributed by atoms with Crippen molar-refractivity contribution in [1.29, 1.82) is 0 Å². The van der Waals surface area contributed by atoms with Crippen molar-refractivity contribution in [1.82, 2.24) is 41.2 Å². The highest BCUT2D eigenvalue weighted by molar-refractivity contribution is 5.98. The van der Waals surface area contributed by atoms with Crippen molar-refractivity contribution in [3.8, 4) is 33.8 Å². The summed E-state index contributed by atoms with van der Waals surface area (Å²) >= 11 is 0. The molecule has 6 aromatic rings. The van der Waals surface area contributed by atoms with Gasteiger partial charge in [0.15, 0.2) is 0 Å². The van der Waals surface area contributed by atoms with Crippen LogP contribution in [-0.4, -0.2) is 200 Å². The van der Waals surface area contributed by atoms with Crippen LogP contribution in [0, 0.1) is 58.2 Å². The van der Waals surface area contributed by atoms with Crippen molar-refractivity contribution in [2.24, 2.45) is 63.9 Å². The van der Waals surface area contributed by atoms with E-state index in [-0.39, 0.29) is 91.5 Å². The lowest BCUT2D eigenvalue weighted by Crippen LogP contribution is -2.62. The Balaban J connectivity index is 0.000000218. The molecule has 2 aliphatic heterocycles. The number of fused-ring (bicyclic) bond motifs is 4. The molecule has 8 fully saturated rings. The van der Waals surface area contributed by atoms with Gasteiger partial charge >= 0.3 is 0 Å². The van der Waals surface area contributed by atoms with Crippen molar-refractivity contribution in [3.63, 3.8) is 0 Å². The number of rotatable bonds is 30. The summed E-state index contributed by atoms with van der Waals surface area (Å²) < 4.78 is 12.1. The van der Waals surface area contributed by atoms with E-state index in [2.05, 4.69) is 79.8 Å². The number of hydrogen-bond donors (Lipinski definition) is 9. The Morgan fingerprint density at radius 1 is 0.573 bits per heavy atom. The van der Waals surface area contributed by atoms with Crippen molar-refractivity contribution in [2.45, 2.75) is 174 Å². The van der Waals surface area contributed by atoms with Gasteiger partial charge in [-0.3, -0.25) is 33.6 Å². The molecule has 6 aliphatic carbocycles. The van der Waals surface area contributed by atoms with Gasteiger partial charge in [0, 0.05) is 94.6 Å². The SMILES string of the molecule is COc1c(CN2O[C@@H](CO)[C@@H]([C@H](C)O)[C@H]2C(=O)N[C@H]2C[C@H]3C[C@@H]([C@@H]2C)C3(C)C)cccc1-c1cc(C=O)cc(C(=O)N[C@@H](Cc2ccccc2)CN(C)C)c1.COc1c(CN2O[C@@H](CO)[C@@H]([C@H](C)O)[C@H]2C(=O)N[C@H]2C[C@H]3C[C@@H]([C@@H]2C)C3(C)C)cccc1-c1cc(CN)cc(C(=O)N[C@@H](Cc2ccccc2)CN(C)C)c1. The Bertz CT molecular complexity index is 4160. The zero-order valence-electron chi connectivity index (χ0n) is 66.7. The quantitative estimate of drug-likeness (QED) is 0.0190. The molecule has 6 aromatic carbocycles. The molecule has 10 N–H and O–H groups in total. The number of aldehydes is 1. The van der Waals surface area contributed by atoms with Crippen LogP contribution in [0.15, 0.2) is 133 Å². The second kappa shape index (κ2) is 35.8. The summed E-state index contributed by atoms with van der Waals surface area (Å²) in [5.41, 5.74) is 15.1. The Morgan fingerprint density at radius 2 is 0.982 bits per heavy atom. The van der Waals surface area contributed by atoms with Gasteiger partial charge in [-0.25, -0.2) is 0 Å². The van der Waals surface area contributed by atoms with Gasteiger partial charge in [0.05, 0.1) is 52.7 Å². The summed E-state index contributed by atoms with van der Waals surface area (Å²) in [6.07, 6.45) is 2.89. The molecular formula is C88H119N9O13. The maximum atomic E-state index is 14.3. The average Bonchev–Trinajstić information content (AvgIpc) is 0.863. The summed E-state index contributed by atoms with van der Waals surface area (Å²) in [6.45, 7) is 18.1. The number of carbonyl (C=O) groups excluding carboxylic acids is 5. The van der Waals surface area contributed by atoms with Crippen LogP contribution in [0.25, 0.3) is 22.3 Å². The normalized spacial score (nSPS) is 26.9. The van der Waals surface area contributed by atoms with Crippen LogP contribution in [0.4, 0.5) is 0 Å². The average molecular weight is 1510 g/mol. The van der Waals surface area contributed by atoms with E-state index in [0.717, 1.165) is 52.5 Å². The van der Waals surface area contributed by atoms with E-state index in [1.54, 1.807) is 56.4 Å². The number of aliphatic hydroxyl groups excluding tert-OH is 4. The molecule has 4 bridgehead atoms. The second-order valence-electron chi connectivity index (χ2n) is 33.8. The minimum Gasteiger partial charge on any atom is -0.496 e. The fourth-order valence-electron chi connectivity index (χ4n) is 19.3. The number of methoxy groups -OCH3 is 2. The van der Waals surface area contributed by atoms with Crippen LogP contribution in [0.3, 0.4) is 0 Å². The third-order valence-electron chi connectivity index (χ3n) is 25.3. The van der Waals surface area contributed by atoms with Gasteiger partial charge < -0.3 is 66.7 Å². The number of nitrogens with zero attached hydrogens (tertiary/aromatic N) is 4. The number of para-hydroxylation sites is 2. The first-order chi connectivity index (χ1) is 52.5. The predicted octanol–water partition coefficient (Wildman–Crippen LogP) is 9.12. The topological polar surface area (TPSA) is 290 Å². The highest BCUT2D eigenvalue weighted by Gasteiger charge is 2.59. The van der Waals surface area contributed by atoms with Gasteiger partial charge in [-0.1, -0.05) is 139 Å². The fraction of sp³-hybridized carbons (Fsp3) is 0.534. The molecule has 2 saturated heterocycles. The Morgan fingerprint density at radius 3 is 1.34 bits per heavy atom. The van der Waals surface area contributed by atoms with Crippen molar-refractivity contribution in [2.75, 3.05) is 68.7 Å². The van der Waals surface area contributed by atoms with Gasteiger partial charge in [0.25, 0.3) is 11.8 Å². The summed E-state index contributed by atoms with van der Waals surface area (Å²) in [4.78, 5) is 85.0. The van der Waals surface area contributed by atoms with E-state index in [4.69, 9.17) is 24.9 Å². The number of nitrogens with one attached hydrogen (secondary N) is 4. The summed E-state index contributed by atoms with van der Waals surface area (Å²) in [6, 6.07) is 40.2. The standard InChI is InChI=1S/C44H61N5O6.C44H58N4O7/c1-26-36-20-33(44(36,3)4)21-37(26)47-43(53)40-39(27(2)51)38(25-50)55-49(40)23-30-14-11-15-35(41(30)54-7)31-16-29(22-45)17-32(19-31)42(52)46-34(24-48(5)6)18-28-12-9-8-10-13-28;1-26-36-20-33(44(36,3)4)21-37(26)46-43(53)40-39(27(2)51)38(25-50)55-48(40)22-30-14-11-15-35(41(30)54-7)31-16-29(24-49)17-32(19-31)42(52)45-34(23-47(5)6)18-28-12-9-8-10-13-28/h8-17,19,26-27,33-34,36-40,50-51H,18,20-25,45H2,1-7H3,(H,46,52)(H,47,53);8-17,19,24,26-27,33-34,36-40,50-51H,18,20-23,25H2,1-7H3,(H,45,52)(H,46,53)/t2*26-,27-,33+,34-,36-,37-,38-,39+,40-/m00/s1. The second-order valence-corrected chi connectivity index (χ2v) is 33.8. The number of nitrogens with two attached hydrogens (primary N) is 1. The van der Waals surface area contributed by atoms with Gasteiger partial charge in [-0.15, -0.1) is 0 Å². The number of carbonyl (C=O) groups is 5. The highest BCUT2D eigenvalue weighted by Crippen LogP contribution is 2.62. The Hall–Kier alpha value is -7.97. The first kappa shape index (κ1) is 83.0. The lowest BCUT2D eigenvalue weighted by atomic mass is 9.45. The molecule has 22 nitrogen and oxygen atoms in total. The van der Waals surface area contributed by atoms with Crippen LogP contribution < -0.4 is 36.5 Å². The Kier molecular flexibility index (Phi) is 27.0. The van der Waals surface area contributed by atoms with Crippen LogP contribution in [0.2, 0.25) is 0 Å². The van der Waals surface area contributed by atoms with Crippen molar-refractivity contribution < 1.29 is 63.5 Å². The van der Waals surface area contributed by atoms with E-state index >= 15 is 0 Å². The molecule has 4 amide bonds. The molecule has 0 radical (unpaired) electrons. The number of likely N-dealkylation sites (N-methyl/N-ethyl adjacent to an activating group) is 2. The van der Waals surface area contributed by atoms with Crippen LogP contribution in [-0.2, 0) is 51.7 Å². The van der Waals surface area contributed by atoms with Crippen LogP contribution >= 0.6 is 0 Å². The maximum absolute atomic E-state index is 14.3. The first-order valence-corrected chi connectivity index (χ1v) is 39.3. The van der Waals surface area contributed by atoms with E-state index in [0.29, 0.717) is 106 Å². The summed E-state index contributed by atoms with van der Waals surface area (Å²) in [5.74, 6) is 1.64. The van der Waals surface area contributed by atoms with E-state index < -0.39 is 48.3 Å². The molecular weight excluding hydrogens is 1390 g/mol. The molecule has 110 heavy (non-hydrogen) atoms. The molecule has 22 heteroatoms. The molecule has 6 saturated carbocycles.